The summed E-state index contributed by atoms with van der Waals surface area (Å²) in [6.07, 6.45) is 5.23. The van der Waals surface area contributed by atoms with Gasteiger partial charge in [0.25, 0.3) is 0 Å². The molecule has 8 heteroatoms. The predicted molar refractivity (Wildman–Crippen MR) is 92.5 cm³/mol. The predicted octanol–water partition coefficient (Wildman–Crippen LogP) is 1.58. The van der Waals surface area contributed by atoms with Crippen molar-refractivity contribution in [2.45, 2.75) is 25.7 Å². The highest BCUT2D eigenvalue weighted by Crippen LogP contribution is 2.23. The summed E-state index contributed by atoms with van der Waals surface area (Å²) in [5.74, 6) is 0.649. The average Bonchev–Trinajstić information content (AvgIpc) is 3.15. The van der Waals surface area contributed by atoms with Gasteiger partial charge in [-0.05, 0) is 36.6 Å². The zero-order chi connectivity index (χ0) is 17.6. The Labute approximate surface area is 145 Å². The minimum Gasteiger partial charge on any atom is -0.338 e. The molecule has 2 aromatic rings. The fourth-order valence-corrected chi connectivity index (χ4v) is 2.88. The minimum atomic E-state index is -0.111. The second-order valence-electron chi connectivity index (χ2n) is 6.03. The number of aromatic nitrogens is 4. The molecule has 0 radical (unpaired) electrons. The van der Waals surface area contributed by atoms with Gasteiger partial charge in [0.1, 0.15) is 0 Å². The van der Waals surface area contributed by atoms with Crippen molar-refractivity contribution in [1.82, 2.24) is 25.5 Å². The Bertz CT molecular complexity index is 754. The van der Waals surface area contributed by atoms with E-state index < -0.39 is 0 Å². The van der Waals surface area contributed by atoms with E-state index in [4.69, 9.17) is 0 Å². The lowest BCUT2D eigenvalue weighted by atomic mass is 9.97. The number of aromatic amines is 1. The van der Waals surface area contributed by atoms with Gasteiger partial charge in [0.15, 0.2) is 5.82 Å². The Morgan fingerprint density at radius 1 is 1.32 bits per heavy atom. The van der Waals surface area contributed by atoms with Gasteiger partial charge < -0.3 is 10.2 Å². The molecule has 0 bridgehead atoms. The van der Waals surface area contributed by atoms with Gasteiger partial charge in [-0.1, -0.05) is 17.3 Å². The fraction of sp³-hybridized carbons (Fsp3) is 0.353. The highest BCUT2D eigenvalue weighted by atomic mass is 16.2. The van der Waals surface area contributed by atoms with Crippen molar-refractivity contribution in [3.05, 3.63) is 41.7 Å². The smallest absolute Gasteiger partial charge is 0.246 e. The fourth-order valence-electron chi connectivity index (χ4n) is 2.88. The first-order valence-electron chi connectivity index (χ1n) is 8.20. The number of H-pyrrole nitrogens is 1. The first-order chi connectivity index (χ1) is 12.1. The van der Waals surface area contributed by atoms with Crippen LogP contribution < -0.4 is 5.32 Å². The van der Waals surface area contributed by atoms with Crippen molar-refractivity contribution in [3.8, 4) is 0 Å². The summed E-state index contributed by atoms with van der Waals surface area (Å²) >= 11 is 0. The number of piperidine rings is 1. The number of benzene rings is 1. The monoisotopic (exact) mass is 340 g/mol. The molecule has 0 saturated carbocycles. The molecular weight excluding hydrogens is 320 g/mol. The van der Waals surface area contributed by atoms with Gasteiger partial charge in [-0.3, -0.25) is 9.59 Å². The molecule has 2 heterocycles. The SMILES string of the molecule is CC(=O)Nc1ccc(/C=C/C(=O)N2CCCC(c3nn[nH]n3)C2)cc1. The lowest BCUT2D eigenvalue weighted by Gasteiger charge is -2.30. The second kappa shape index (κ2) is 7.69. The topological polar surface area (TPSA) is 104 Å². The lowest BCUT2D eigenvalue weighted by molar-refractivity contribution is -0.127. The Kier molecular flexibility index (Phi) is 5.17. The van der Waals surface area contributed by atoms with Crippen LogP contribution >= 0.6 is 0 Å². The highest BCUT2D eigenvalue weighted by Gasteiger charge is 2.26. The second-order valence-corrected chi connectivity index (χ2v) is 6.03. The largest absolute Gasteiger partial charge is 0.338 e. The molecule has 0 spiro atoms. The highest BCUT2D eigenvalue weighted by molar-refractivity contribution is 5.92. The van der Waals surface area contributed by atoms with Gasteiger partial charge in [0, 0.05) is 37.7 Å². The van der Waals surface area contributed by atoms with Gasteiger partial charge in [0.05, 0.1) is 0 Å². The maximum absolute atomic E-state index is 12.4. The molecule has 0 aliphatic carbocycles. The summed E-state index contributed by atoms with van der Waals surface area (Å²) in [6.45, 7) is 2.80. The number of carbonyl (C=O) groups is 2. The number of amides is 2. The summed E-state index contributed by atoms with van der Waals surface area (Å²) in [5.41, 5.74) is 1.63. The number of nitrogens with one attached hydrogen (secondary N) is 2. The van der Waals surface area contributed by atoms with Crippen LogP contribution in [0, 0.1) is 0 Å². The van der Waals surface area contributed by atoms with Crippen LogP contribution in [-0.2, 0) is 9.59 Å². The van der Waals surface area contributed by atoms with E-state index in [1.165, 1.54) is 6.92 Å². The van der Waals surface area contributed by atoms with E-state index >= 15 is 0 Å². The van der Waals surface area contributed by atoms with Crippen LogP contribution in [0.25, 0.3) is 6.08 Å². The number of hydrogen-bond donors (Lipinski definition) is 2. The number of nitrogens with zero attached hydrogens (tertiary/aromatic N) is 4. The van der Waals surface area contributed by atoms with Crippen molar-refractivity contribution < 1.29 is 9.59 Å². The van der Waals surface area contributed by atoms with Crippen LogP contribution in [0.3, 0.4) is 0 Å². The van der Waals surface area contributed by atoms with Gasteiger partial charge in [-0.15, -0.1) is 10.2 Å². The van der Waals surface area contributed by atoms with Gasteiger partial charge >= 0.3 is 0 Å². The van der Waals surface area contributed by atoms with Crippen molar-refractivity contribution in [3.63, 3.8) is 0 Å². The summed E-state index contributed by atoms with van der Waals surface area (Å²) in [5, 5.41) is 16.8. The third kappa shape index (κ3) is 4.50. The van der Waals surface area contributed by atoms with Crippen LogP contribution in [-0.4, -0.2) is 50.4 Å². The number of likely N-dealkylation sites (tertiary alicyclic amines) is 1. The summed E-state index contributed by atoms with van der Waals surface area (Å²) in [4.78, 5) is 25.2. The zero-order valence-corrected chi connectivity index (χ0v) is 14.0. The van der Waals surface area contributed by atoms with Gasteiger partial charge in [-0.25, -0.2) is 0 Å². The summed E-state index contributed by atoms with van der Waals surface area (Å²) in [7, 11) is 0. The molecule has 1 fully saturated rings. The van der Waals surface area contributed by atoms with Gasteiger partial charge in [-0.2, -0.15) is 5.21 Å². The maximum atomic E-state index is 12.4. The first-order valence-corrected chi connectivity index (χ1v) is 8.20. The van der Waals surface area contributed by atoms with E-state index in [0.717, 1.165) is 30.6 Å². The molecule has 1 aliphatic heterocycles. The molecule has 1 unspecified atom stereocenters. The standard InChI is InChI=1S/C17H20N6O2/c1-12(24)18-15-7-4-13(5-8-15)6-9-16(25)23-10-2-3-14(11-23)17-19-21-22-20-17/h4-9,14H,2-3,10-11H2,1H3,(H,18,24)(H,19,20,21,22)/b9-6+. The molecule has 1 atom stereocenters. The average molecular weight is 340 g/mol. The van der Waals surface area contributed by atoms with Crippen molar-refractivity contribution in [1.29, 1.82) is 0 Å². The lowest BCUT2D eigenvalue weighted by Crippen LogP contribution is -2.38. The number of carbonyl (C=O) groups excluding carboxylic acids is 2. The summed E-state index contributed by atoms with van der Waals surface area (Å²) < 4.78 is 0. The number of hydrogen-bond acceptors (Lipinski definition) is 5. The number of anilines is 1. The molecule has 1 saturated heterocycles. The van der Waals surface area contributed by atoms with E-state index in [2.05, 4.69) is 25.9 Å². The molecule has 1 aromatic heterocycles. The maximum Gasteiger partial charge on any atom is 0.246 e. The Morgan fingerprint density at radius 3 is 2.80 bits per heavy atom. The van der Waals surface area contributed by atoms with Crippen LogP contribution in [0.1, 0.15) is 37.1 Å². The normalized spacial score (nSPS) is 17.6. The molecule has 3 rings (SSSR count). The molecule has 2 amide bonds. The van der Waals surface area contributed by atoms with Crippen LogP contribution in [0.4, 0.5) is 5.69 Å². The van der Waals surface area contributed by atoms with E-state index in [-0.39, 0.29) is 17.7 Å². The Hall–Kier alpha value is -3.03. The van der Waals surface area contributed by atoms with E-state index in [1.54, 1.807) is 24.3 Å². The number of rotatable bonds is 4. The minimum absolute atomic E-state index is 0.0286. The van der Waals surface area contributed by atoms with Crippen LogP contribution in [0.5, 0.6) is 0 Å². The number of tetrazole rings is 1. The molecule has 130 valence electrons. The first kappa shape index (κ1) is 16.8. The van der Waals surface area contributed by atoms with Crippen LogP contribution in [0.15, 0.2) is 30.3 Å². The van der Waals surface area contributed by atoms with Crippen molar-refractivity contribution in [2.75, 3.05) is 18.4 Å². The van der Waals surface area contributed by atoms with E-state index in [0.29, 0.717) is 12.4 Å². The van der Waals surface area contributed by atoms with Crippen LogP contribution in [0.2, 0.25) is 0 Å². The van der Waals surface area contributed by atoms with E-state index in [1.807, 2.05) is 17.0 Å². The van der Waals surface area contributed by atoms with Gasteiger partial charge in [0.2, 0.25) is 11.8 Å². The Morgan fingerprint density at radius 2 is 2.12 bits per heavy atom. The van der Waals surface area contributed by atoms with Crippen molar-refractivity contribution in [2.24, 2.45) is 0 Å². The molecule has 8 nitrogen and oxygen atoms in total. The Balaban J connectivity index is 1.59. The van der Waals surface area contributed by atoms with Crippen molar-refractivity contribution >= 4 is 23.6 Å². The molecular formula is C17H20N6O2. The molecule has 1 aliphatic rings. The zero-order valence-electron chi connectivity index (χ0n) is 14.0. The molecule has 2 N–H and O–H groups in total. The van der Waals surface area contributed by atoms with E-state index in [9.17, 15) is 9.59 Å². The summed E-state index contributed by atoms with van der Waals surface area (Å²) in [6, 6.07) is 7.32. The molecule has 1 aromatic carbocycles. The quantitative estimate of drug-likeness (QED) is 0.822. The third-order valence-corrected chi connectivity index (χ3v) is 4.11. The molecule has 25 heavy (non-hydrogen) atoms. The third-order valence-electron chi connectivity index (χ3n) is 4.11.